The van der Waals surface area contributed by atoms with Crippen molar-refractivity contribution in [2.24, 2.45) is 11.7 Å². The lowest BCUT2D eigenvalue weighted by Gasteiger charge is -1.95. The number of hydrogen-bond donors (Lipinski definition) is 2. The number of rotatable bonds is 1. The van der Waals surface area contributed by atoms with Gasteiger partial charge in [-0.2, -0.15) is 3.84 Å². The topological polar surface area (TPSA) is 59.1 Å². The molecule has 0 aliphatic heterocycles. The van der Waals surface area contributed by atoms with Crippen LogP contribution in [0.3, 0.4) is 0 Å². The smallest absolute Gasteiger partial charge is 0.0931 e. The van der Waals surface area contributed by atoms with E-state index in [0.717, 1.165) is 0 Å². The van der Waals surface area contributed by atoms with Crippen molar-refractivity contribution in [3.63, 3.8) is 0 Å². The van der Waals surface area contributed by atoms with Gasteiger partial charge in [-0.15, -0.1) is 0 Å². The molecule has 56 valence electrons. The van der Waals surface area contributed by atoms with Crippen molar-refractivity contribution in [1.82, 2.24) is 0 Å². The Labute approximate surface area is 64.9 Å². The molecule has 0 heterocycles. The molecule has 0 radical (unpaired) electrons. The number of nitrogens with one attached hydrogen (secondary N) is 1. The van der Waals surface area contributed by atoms with E-state index in [-0.39, 0.29) is 11.8 Å². The minimum atomic E-state index is 0.213. The second-order valence-corrected chi connectivity index (χ2v) is 2.13. The van der Waals surface area contributed by atoms with Crippen LogP contribution in [0.15, 0.2) is 0 Å². The molecule has 0 aliphatic carbocycles. The minimum Gasteiger partial charge on any atom is -0.387 e. The Balaban J connectivity index is 0. The van der Waals surface area contributed by atoms with Crippen LogP contribution in [0.2, 0.25) is 0 Å². The Morgan fingerprint density at radius 3 is 1.67 bits per heavy atom. The normalized spacial score (nSPS) is 8.11. The summed E-state index contributed by atoms with van der Waals surface area (Å²) >= 11 is 8.53. The average molecular weight is 173 g/mol. The van der Waals surface area contributed by atoms with E-state index < -0.39 is 0 Å². The zero-order valence-corrected chi connectivity index (χ0v) is 6.83. The molecule has 0 spiro atoms. The van der Waals surface area contributed by atoms with Gasteiger partial charge in [0.2, 0.25) is 0 Å². The van der Waals surface area contributed by atoms with Crippen molar-refractivity contribution >= 4 is 29.6 Å². The fourth-order valence-corrected chi connectivity index (χ4v) is 0. The maximum Gasteiger partial charge on any atom is 0.0931 e. The van der Waals surface area contributed by atoms with Crippen LogP contribution in [0.25, 0.3) is 0 Å². The zero-order chi connectivity index (χ0) is 7.86. The molecule has 3 nitrogen and oxygen atoms in total. The molecule has 5 heteroatoms. The molecule has 0 saturated heterocycles. The number of halogens is 2. The number of hydrogen-bond acceptors (Lipinski definition) is 2. The molecule has 3 N–H and O–H groups in total. The van der Waals surface area contributed by atoms with E-state index in [2.05, 4.69) is 27.6 Å². The summed E-state index contributed by atoms with van der Waals surface area (Å²) in [4.78, 5) is 0. The van der Waals surface area contributed by atoms with Gasteiger partial charge in [-0.3, -0.25) is 5.41 Å². The summed E-state index contributed by atoms with van der Waals surface area (Å²) in [5.74, 6) is 0.472. The zero-order valence-electron chi connectivity index (χ0n) is 5.32. The monoisotopic (exact) mass is 172 g/mol. The predicted molar refractivity (Wildman–Crippen MR) is 39.5 cm³/mol. The van der Waals surface area contributed by atoms with Crippen molar-refractivity contribution in [1.29, 1.82) is 5.41 Å². The molecule has 0 saturated carbocycles. The standard InChI is InChI=1S/C4H10N2.Cl2O/c1-3(2)4(5)6;1-3-2/h3H,1-2H3,(H3,5,6);. The van der Waals surface area contributed by atoms with Crippen LogP contribution in [0, 0.1) is 11.3 Å². The SMILES string of the molecule is CC(C)C(=N)N.ClOCl. The van der Waals surface area contributed by atoms with Crippen LogP contribution >= 0.6 is 23.7 Å². The summed E-state index contributed by atoms with van der Waals surface area (Å²) in [6.45, 7) is 3.78. The van der Waals surface area contributed by atoms with Gasteiger partial charge in [0, 0.05) is 5.92 Å². The third kappa shape index (κ3) is 18.0. The van der Waals surface area contributed by atoms with Gasteiger partial charge in [0.25, 0.3) is 0 Å². The first kappa shape index (κ1) is 11.8. The van der Waals surface area contributed by atoms with E-state index in [4.69, 9.17) is 11.1 Å². The molecule has 0 amide bonds. The summed E-state index contributed by atoms with van der Waals surface area (Å²) in [7, 11) is 0. The summed E-state index contributed by atoms with van der Waals surface area (Å²) < 4.78 is 3.19. The molecular formula is C4H10Cl2N2O. The summed E-state index contributed by atoms with van der Waals surface area (Å²) in [5.41, 5.74) is 5.02. The first-order chi connectivity index (χ1) is 4.06. The first-order valence-corrected chi connectivity index (χ1v) is 2.91. The number of nitrogens with two attached hydrogens (primary N) is 1. The molecular weight excluding hydrogens is 163 g/mol. The fraction of sp³-hybridized carbons (Fsp3) is 0.750. The van der Waals surface area contributed by atoms with E-state index in [9.17, 15) is 0 Å². The Hall–Kier alpha value is 0.01000. The van der Waals surface area contributed by atoms with Gasteiger partial charge in [-0.1, -0.05) is 13.8 Å². The van der Waals surface area contributed by atoms with Gasteiger partial charge < -0.3 is 5.73 Å². The Bertz CT molecular complexity index is 77.0. The summed E-state index contributed by atoms with van der Waals surface area (Å²) in [5, 5.41) is 6.73. The Morgan fingerprint density at radius 2 is 1.67 bits per heavy atom. The van der Waals surface area contributed by atoms with Gasteiger partial charge in [0.05, 0.1) is 29.6 Å². The van der Waals surface area contributed by atoms with Crippen LogP contribution < -0.4 is 5.73 Å². The molecule has 0 aromatic carbocycles. The maximum atomic E-state index is 6.73. The van der Waals surface area contributed by atoms with Crippen molar-refractivity contribution in [3.05, 3.63) is 0 Å². The molecule has 0 rings (SSSR count). The third-order valence-corrected chi connectivity index (χ3v) is 0.622. The summed E-state index contributed by atoms with van der Waals surface area (Å²) in [6.07, 6.45) is 0. The van der Waals surface area contributed by atoms with Crippen molar-refractivity contribution in [3.8, 4) is 0 Å². The maximum absolute atomic E-state index is 6.73. The molecule has 0 fully saturated rings. The first-order valence-electron chi connectivity index (χ1n) is 2.29. The van der Waals surface area contributed by atoms with Crippen molar-refractivity contribution in [2.45, 2.75) is 13.8 Å². The van der Waals surface area contributed by atoms with Gasteiger partial charge >= 0.3 is 0 Å². The summed E-state index contributed by atoms with van der Waals surface area (Å²) in [6, 6.07) is 0. The highest BCUT2D eigenvalue weighted by molar-refractivity contribution is 6.24. The van der Waals surface area contributed by atoms with Gasteiger partial charge in [0.15, 0.2) is 0 Å². The average Bonchev–Trinajstić information content (AvgIpc) is 1.68. The van der Waals surface area contributed by atoms with E-state index in [1.807, 2.05) is 13.8 Å². The lowest BCUT2D eigenvalue weighted by Crippen LogP contribution is -2.16. The Morgan fingerprint density at radius 1 is 1.56 bits per heavy atom. The molecule has 0 aromatic rings. The largest absolute Gasteiger partial charge is 0.387 e. The van der Waals surface area contributed by atoms with Gasteiger partial charge in [0.1, 0.15) is 0 Å². The van der Waals surface area contributed by atoms with E-state index in [0.29, 0.717) is 0 Å². The Kier molecular flexibility index (Phi) is 10.5. The molecule has 0 unspecified atom stereocenters. The second-order valence-electron chi connectivity index (χ2n) is 1.67. The van der Waals surface area contributed by atoms with Gasteiger partial charge in [-0.05, 0) is 0 Å². The fourth-order valence-electron chi connectivity index (χ4n) is 0. The van der Waals surface area contributed by atoms with E-state index in [1.54, 1.807) is 0 Å². The van der Waals surface area contributed by atoms with Gasteiger partial charge in [-0.25, -0.2) is 0 Å². The highest BCUT2D eigenvalue weighted by atomic mass is 35.6. The van der Waals surface area contributed by atoms with Crippen molar-refractivity contribution < 1.29 is 3.84 Å². The molecule has 0 atom stereocenters. The highest BCUT2D eigenvalue weighted by Gasteiger charge is 1.91. The van der Waals surface area contributed by atoms with Crippen LogP contribution in [-0.2, 0) is 3.84 Å². The quantitative estimate of drug-likeness (QED) is 0.469. The minimum absolute atomic E-state index is 0.213. The number of amidine groups is 1. The molecule has 9 heavy (non-hydrogen) atoms. The van der Waals surface area contributed by atoms with Crippen LogP contribution in [0.4, 0.5) is 0 Å². The molecule has 0 aliphatic rings. The third-order valence-electron chi connectivity index (χ3n) is 0.622. The lowest BCUT2D eigenvalue weighted by molar-refractivity contribution is 0.697. The molecule has 0 aromatic heterocycles. The van der Waals surface area contributed by atoms with E-state index in [1.165, 1.54) is 0 Å². The second kappa shape index (κ2) is 8.01. The van der Waals surface area contributed by atoms with Crippen LogP contribution in [0.5, 0.6) is 0 Å². The van der Waals surface area contributed by atoms with Crippen molar-refractivity contribution in [2.75, 3.05) is 0 Å². The predicted octanol–water partition coefficient (Wildman–Crippen LogP) is 1.89. The van der Waals surface area contributed by atoms with Crippen LogP contribution in [0.1, 0.15) is 13.8 Å². The molecule has 0 bridgehead atoms. The van der Waals surface area contributed by atoms with Crippen LogP contribution in [-0.4, -0.2) is 5.84 Å². The van der Waals surface area contributed by atoms with E-state index >= 15 is 0 Å². The lowest BCUT2D eigenvalue weighted by atomic mass is 10.2. The highest BCUT2D eigenvalue weighted by Crippen LogP contribution is 1.85.